The summed E-state index contributed by atoms with van der Waals surface area (Å²) in [5.74, 6) is 3.80. The van der Waals surface area contributed by atoms with E-state index in [-0.39, 0.29) is 0 Å². The van der Waals surface area contributed by atoms with E-state index < -0.39 is 0 Å². The number of rotatable bonds is 5. The predicted molar refractivity (Wildman–Crippen MR) is 99.5 cm³/mol. The highest BCUT2D eigenvalue weighted by Gasteiger charge is 2.38. The van der Waals surface area contributed by atoms with E-state index in [2.05, 4.69) is 46.3 Å². The molecule has 4 rings (SSSR count). The van der Waals surface area contributed by atoms with Gasteiger partial charge in [0.15, 0.2) is 0 Å². The molecular formula is C20H29BrN2O+2. The van der Waals surface area contributed by atoms with E-state index in [0.717, 1.165) is 34.5 Å². The number of benzene rings is 1. The number of allylic oxidation sites excluding steroid dienone is 2. The van der Waals surface area contributed by atoms with Gasteiger partial charge in [-0.2, -0.15) is 0 Å². The summed E-state index contributed by atoms with van der Waals surface area (Å²) in [6.07, 6.45) is 7.86. The van der Waals surface area contributed by atoms with Gasteiger partial charge in [-0.1, -0.05) is 28.1 Å². The highest BCUT2D eigenvalue weighted by Crippen LogP contribution is 2.42. The molecule has 0 radical (unpaired) electrons. The van der Waals surface area contributed by atoms with Crippen molar-refractivity contribution in [2.24, 2.45) is 17.8 Å². The van der Waals surface area contributed by atoms with Crippen molar-refractivity contribution >= 4 is 15.9 Å². The van der Waals surface area contributed by atoms with E-state index in [1.165, 1.54) is 51.1 Å². The third kappa shape index (κ3) is 3.56. The van der Waals surface area contributed by atoms with Crippen LogP contribution in [0, 0.1) is 17.8 Å². The van der Waals surface area contributed by atoms with Crippen LogP contribution in [0.3, 0.4) is 0 Å². The molecule has 0 spiro atoms. The van der Waals surface area contributed by atoms with Crippen LogP contribution >= 0.6 is 15.9 Å². The maximum Gasteiger partial charge on any atom is 0.127 e. The summed E-state index contributed by atoms with van der Waals surface area (Å²) in [7, 11) is 1.77. The number of nitrogens with one attached hydrogen (secondary N) is 2. The van der Waals surface area contributed by atoms with Gasteiger partial charge in [0, 0.05) is 16.0 Å². The van der Waals surface area contributed by atoms with Crippen LogP contribution in [0.15, 0.2) is 34.8 Å². The molecule has 1 aromatic carbocycles. The second-order valence-electron chi connectivity index (χ2n) is 7.88. The van der Waals surface area contributed by atoms with Crippen molar-refractivity contribution in [2.75, 3.05) is 39.8 Å². The molecule has 3 atom stereocenters. The summed E-state index contributed by atoms with van der Waals surface area (Å²) in [6.45, 7) is 7.68. The lowest BCUT2D eigenvalue weighted by Gasteiger charge is -2.32. The number of halogens is 1. The molecule has 2 bridgehead atoms. The zero-order chi connectivity index (χ0) is 16.5. The fraction of sp³-hybridized carbons (Fsp3) is 0.600. The van der Waals surface area contributed by atoms with Crippen molar-refractivity contribution in [3.8, 4) is 5.75 Å². The molecule has 2 fully saturated rings. The molecule has 24 heavy (non-hydrogen) atoms. The first kappa shape index (κ1) is 16.6. The van der Waals surface area contributed by atoms with Crippen molar-refractivity contribution in [2.45, 2.75) is 19.4 Å². The quantitative estimate of drug-likeness (QED) is 0.714. The topological polar surface area (TPSA) is 18.1 Å². The van der Waals surface area contributed by atoms with Crippen molar-refractivity contribution in [3.63, 3.8) is 0 Å². The molecule has 4 heteroatoms. The predicted octanol–water partition coefficient (Wildman–Crippen LogP) is 0.953. The zero-order valence-corrected chi connectivity index (χ0v) is 16.1. The van der Waals surface area contributed by atoms with Gasteiger partial charge in [-0.05, 0) is 42.9 Å². The fourth-order valence-electron chi connectivity index (χ4n) is 4.99. The number of hydrogen-bond donors (Lipinski definition) is 2. The van der Waals surface area contributed by atoms with Crippen LogP contribution in [0.4, 0.5) is 0 Å². The fourth-order valence-corrected chi connectivity index (χ4v) is 5.40. The Bertz CT molecular complexity index is 610. The van der Waals surface area contributed by atoms with Crippen molar-refractivity contribution < 1.29 is 14.5 Å². The van der Waals surface area contributed by atoms with Crippen molar-refractivity contribution in [3.05, 3.63) is 40.4 Å². The lowest BCUT2D eigenvalue weighted by atomic mass is 9.93. The molecule has 1 heterocycles. The Hall–Kier alpha value is -0.840. The van der Waals surface area contributed by atoms with Crippen molar-refractivity contribution in [1.29, 1.82) is 0 Å². The smallest absolute Gasteiger partial charge is 0.127 e. The summed E-state index contributed by atoms with van der Waals surface area (Å²) in [6, 6.07) is 6.35. The van der Waals surface area contributed by atoms with Gasteiger partial charge < -0.3 is 14.5 Å². The second kappa shape index (κ2) is 7.19. The van der Waals surface area contributed by atoms with Crippen LogP contribution in [-0.4, -0.2) is 39.8 Å². The minimum absolute atomic E-state index is 0.902. The van der Waals surface area contributed by atoms with E-state index in [1.54, 1.807) is 12.0 Å². The van der Waals surface area contributed by atoms with Gasteiger partial charge in [0.2, 0.25) is 0 Å². The second-order valence-corrected chi connectivity index (χ2v) is 8.79. The molecule has 130 valence electrons. The van der Waals surface area contributed by atoms with Gasteiger partial charge in [0.05, 0.1) is 13.7 Å². The Morgan fingerprint density at radius 2 is 1.88 bits per heavy atom. The highest BCUT2D eigenvalue weighted by molar-refractivity contribution is 9.10. The van der Waals surface area contributed by atoms with Crippen LogP contribution in [-0.2, 0) is 6.54 Å². The molecule has 1 saturated heterocycles. The van der Waals surface area contributed by atoms with Crippen LogP contribution < -0.4 is 14.5 Å². The minimum atomic E-state index is 0.902. The van der Waals surface area contributed by atoms with Gasteiger partial charge in [-0.3, -0.25) is 0 Å². The van der Waals surface area contributed by atoms with Gasteiger partial charge in [-0.15, -0.1) is 0 Å². The summed E-state index contributed by atoms with van der Waals surface area (Å²) < 4.78 is 6.68. The maximum atomic E-state index is 5.53. The minimum Gasteiger partial charge on any atom is -0.496 e. The first-order chi connectivity index (χ1) is 11.7. The van der Waals surface area contributed by atoms with Gasteiger partial charge in [0.25, 0.3) is 0 Å². The summed E-state index contributed by atoms with van der Waals surface area (Å²) in [5.41, 5.74) is 1.32. The molecule has 3 aliphatic rings. The van der Waals surface area contributed by atoms with Crippen LogP contribution in [0.2, 0.25) is 0 Å². The number of ether oxygens (including phenoxy) is 1. The molecule has 2 aliphatic carbocycles. The third-order valence-electron chi connectivity index (χ3n) is 6.31. The largest absolute Gasteiger partial charge is 0.496 e. The first-order valence-corrected chi connectivity index (χ1v) is 10.2. The molecule has 0 amide bonds. The third-order valence-corrected chi connectivity index (χ3v) is 6.81. The van der Waals surface area contributed by atoms with Gasteiger partial charge in [-0.25, -0.2) is 0 Å². The molecule has 1 aromatic rings. The van der Waals surface area contributed by atoms with Gasteiger partial charge in [0.1, 0.15) is 38.5 Å². The Morgan fingerprint density at radius 3 is 2.54 bits per heavy atom. The van der Waals surface area contributed by atoms with Gasteiger partial charge >= 0.3 is 0 Å². The molecule has 0 aromatic heterocycles. The van der Waals surface area contributed by atoms with E-state index in [0.29, 0.717) is 0 Å². The Kier molecular flexibility index (Phi) is 4.98. The SMILES string of the molecule is COc1ccc(Br)cc1C[NH+]1CC[NH+](C[C@H]2C[C@@H]3C=C[C@H]2C3)CC1. The summed E-state index contributed by atoms with van der Waals surface area (Å²) in [4.78, 5) is 3.54. The number of hydrogen-bond acceptors (Lipinski definition) is 1. The Morgan fingerprint density at radius 1 is 1.08 bits per heavy atom. The molecule has 0 unspecified atom stereocenters. The van der Waals surface area contributed by atoms with Crippen LogP contribution in [0.1, 0.15) is 18.4 Å². The number of methoxy groups -OCH3 is 1. The monoisotopic (exact) mass is 392 g/mol. The average molecular weight is 393 g/mol. The number of quaternary nitrogens is 2. The van der Waals surface area contributed by atoms with Crippen LogP contribution in [0.25, 0.3) is 0 Å². The lowest BCUT2D eigenvalue weighted by molar-refractivity contribution is -1.02. The highest BCUT2D eigenvalue weighted by atomic mass is 79.9. The molecule has 3 nitrogen and oxygen atoms in total. The molecule has 1 saturated carbocycles. The van der Waals surface area contributed by atoms with Crippen LogP contribution in [0.5, 0.6) is 5.75 Å². The van der Waals surface area contributed by atoms with E-state index >= 15 is 0 Å². The molecular weight excluding hydrogens is 364 g/mol. The van der Waals surface area contributed by atoms with E-state index in [1.807, 2.05) is 4.90 Å². The van der Waals surface area contributed by atoms with E-state index in [4.69, 9.17) is 4.74 Å². The summed E-state index contributed by atoms with van der Waals surface area (Å²) in [5, 5.41) is 0. The Labute approximate surface area is 153 Å². The number of fused-ring (bicyclic) bond motifs is 2. The standard InChI is InChI=1S/C20H27BrN2O/c1-24-20-5-4-19(21)12-18(20)14-23-8-6-22(7-9-23)13-17-11-15-2-3-16(17)10-15/h2-5,12,15-17H,6-11,13-14H2,1H3/p+2/t15-,16+,17-/m1/s1. The normalized spacial score (nSPS) is 34.7. The average Bonchev–Trinajstić information content (AvgIpc) is 3.20. The maximum absolute atomic E-state index is 5.53. The molecule has 1 aliphatic heterocycles. The lowest BCUT2D eigenvalue weighted by Crippen LogP contribution is -3.27. The van der Waals surface area contributed by atoms with Crippen molar-refractivity contribution in [1.82, 2.24) is 0 Å². The Balaban J connectivity index is 1.29. The zero-order valence-electron chi connectivity index (χ0n) is 14.6. The summed E-state index contributed by atoms with van der Waals surface area (Å²) >= 11 is 3.59. The molecule has 2 N–H and O–H groups in total. The van der Waals surface area contributed by atoms with E-state index in [9.17, 15) is 0 Å². The first-order valence-electron chi connectivity index (χ1n) is 9.39. The number of piperazine rings is 1.